The fourth-order valence-corrected chi connectivity index (χ4v) is 7.97. The van der Waals surface area contributed by atoms with Crippen LogP contribution in [0.25, 0.3) is 0 Å². The lowest BCUT2D eigenvalue weighted by molar-refractivity contribution is -0.125. The van der Waals surface area contributed by atoms with Crippen molar-refractivity contribution in [3.05, 3.63) is 28.0 Å². The number of aliphatic imine (C=N–C) groups is 1. The molecule has 1 aromatic rings. The fourth-order valence-electron chi connectivity index (χ4n) is 4.79. The second-order valence-electron chi connectivity index (χ2n) is 9.85. The summed E-state index contributed by atoms with van der Waals surface area (Å²) in [4.78, 5) is 32.7. The highest BCUT2D eigenvalue weighted by Crippen LogP contribution is 2.55. The van der Waals surface area contributed by atoms with E-state index in [9.17, 15) is 9.59 Å². The van der Waals surface area contributed by atoms with Gasteiger partial charge >= 0.3 is 6.03 Å². The number of carbonyl (C=O) groups is 2. The first-order chi connectivity index (χ1) is 13.6. The van der Waals surface area contributed by atoms with Crippen molar-refractivity contribution < 1.29 is 9.59 Å². The summed E-state index contributed by atoms with van der Waals surface area (Å²) in [6.45, 7) is 12.0. The van der Waals surface area contributed by atoms with Gasteiger partial charge in [0.1, 0.15) is 5.84 Å². The number of nitrogens with one attached hydrogen (secondary N) is 2. The fraction of sp³-hybridized carbons (Fsp3) is 0.571. The van der Waals surface area contributed by atoms with Crippen LogP contribution in [0.4, 0.5) is 10.5 Å². The highest BCUT2D eigenvalue weighted by Gasteiger charge is 2.54. The standard InChI is InChI=1S/C21H30N4O2SSi/c1-20(2)16-11-22-17(24-18(26)21(8-6-9-21)29(3,4)5)15(16)12-25(20)19(27)23-14-7-10-28-13-14/h7,10,13H,6,8-9,11-12H2,1-5H3,(H,23,27)(H,22,24,26). The van der Waals surface area contributed by atoms with Crippen LogP contribution in [0.5, 0.6) is 0 Å². The quantitative estimate of drug-likeness (QED) is 0.695. The molecule has 0 saturated heterocycles. The average molecular weight is 431 g/mol. The van der Waals surface area contributed by atoms with Crippen LogP contribution in [0, 0.1) is 0 Å². The highest BCUT2D eigenvalue weighted by atomic mass is 32.1. The zero-order valence-corrected chi connectivity index (χ0v) is 19.7. The Hall–Kier alpha value is -1.93. The third kappa shape index (κ3) is 3.17. The molecule has 1 fully saturated rings. The number of carbonyl (C=O) groups excluding carboxylic acids is 2. The maximum atomic E-state index is 13.3. The maximum absolute atomic E-state index is 13.3. The van der Waals surface area contributed by atoms with Crippen LogP contribution in [-0.4, -0.2) is 49.4 Å². The molecule has 156 valence electrons. The largest absolute Gasteiger partial charge is 0.322 e. The van der Waals surface area contributed by atoms with E-state index in [0.717, 1.165) is 36.1 Å². The van der Waals surface area contributed by atoms with Crippen molar-refractivity contribution in [3.63, 3.8) is 0 Å². The molecule has 0 atom stereocenters. The molecule has 1 aliphatic carbocycles. The van der Waals surface area contributed by atoms with E-state index >= 15 is 0 Å². The molecule has 6 nitrogen and oxygen atoms in total. The molecule has 3 aliphatic rings. The first-order valence-corrected chi connectivity index (χ1v) is 14.7. The first kappa shape index (κ1) is 20.3. The van der Waals surface area contributed by atoms with Gasteiger partial charge in [0.25, 0.3) is 0 Å². The molecular formula is C21H30N4O2SSi. The van der Waals surface area contributed by atoms with Crippen molar-refractivity contribution in [2.45, 2.75) is 63.3 Å². The Labute approximate surface area is 177 Å². The Morgan fingerprint density at radius 3 is 2.48 bits per heavy atom. The SMILES string of the molecule is CC1(C)C2=C(CN1C(=O)Nc1ccsc1)C(NC(=O)C1([Si](C)(C)C)CCC1)=NC2. The molecule has 0 bridgehead atoms. The molecule has 3 amide bonds. The summed E-state index contributed by atoms with van der Waals surface area (Å²) in [6, 6.07) is 1.78. The Morgan fingerprint density at radius 2 is 1.93 bits per heavy atom. The van der Waals surface area contributed by atoms with Gasteiger partial charge in [0, 0.05) is 16.0 Å². The lowest BCUT2D eigenvalue weighted by Crippen LogP contribution is -2.55. The number of amides is 3. The Morgan fingerprint density at radius 1 is 1.21 bits per heavy atom. The molecule has 0 radical (unpaired) electrons. The number of thiophene rings is 1. The van der Waals surface area contributed by atoms with Gasteiger partial charge in [-0.25, -0.2) is 4.79 Å². The number of rotatable bonds is 3. The predicted octanol–water partition coefficient (Wildman–Crippen LogP) is 4.46. The van der Waals surface area contributed by atoms with E-state index in [2.05, 4.69) is 49.1 Å². The molecule has 3 heterocycles. The van der Waals surface area contributed by atoms with Crippen LogP contribution in [0.1, 0.15) is 33.1 Å². The van der Waals surface area contributed by atoms with E-state index in [1.165, 1.54) is 0 Å². The van der Waals surface area contributed by atoms with Gasteiger partial charge in [-0.3, -0.25) is 9.79 Å². The first-order valence-electron chi connectivity index (χ1n) is 10.3. The lowest BCUT2D eigenvalue weighted by Gasteiger charge is -2.49. The number of anilines is 1. The average Bonchev–Trinajstić information content (AvgIpc) is 3.24. The van der Waals surface area contributed by atoms with E-state index in [-0.39, 0.29) is 17.0 Å². The topological polar surface area (TPSA) is 73.8 Å². The van der Waals surface area contributed by atoms with Crippen LogP contribution in [0.3, 0.4) is 0 Å². The number of nitrogens with zero attached hydrogens (tertiary/aromatic N) is 2. The summed E-state index contributed by atoms with van der Waals surface area (Å²) < 4.78 is 0. The minimum Gasteiger partial charge on any atom is -0.311 e. The zero-order chi connectivity index (χ0) is 21.0. The second kappa shape index (κ2) is 6.80. The molecule has 0 unspecified atom stereocenters. The number of hydrogen-bond acceptors (Lipinski definition) is 4. The molecule has 29 heavy (non-hydrogen) atoms. The monoisotopic (exact) mass is 430 g/mol. The van der Waals surface area contributed by atoms with E-state index in [1.54, 1.807) is 11.3 Å². The molecule has 4 rings (SSSR count). The smallest absolute Gasteiger partial charge is 0.311 e. The van der Waals surface area contributed by atoms with Gasteiger partial charge in [0.05, 0.1) is 32.4 Å². The Balaban J connectivity index is 1.50. The Bertz CT molecular complexity index is 908. The van der Waals surface area contributed by atoms with E-state index in [0.29, 0.717) is 18.9 Å². The highest BCUT2D eigenvalue weighted by molar-refractivity contribution is 7.08. The number of hydrogen-bond donors (Lipinski definition) is 2. The molecule has 1 saturated carbocycles. The van der Waals surface area contributed by atoms with Crippen molar-refractivity contribution in [1.29, 1.82) is 0 Å². The van der Waals surface area contributed by atoms with Gasteiger partial charge in [-0.1, -0.05) is 26.1 Å². The van der Waals surface area contributed by atoms with Gasteiger partial charge in [-0.2, -0.15) is 11.3 Å². The molecule has 1 aromatic heterocycles. The predicted molar refractivity (Wildman–Crippen MR) is 121 cm³/mol. The minimum absolute atomic E-state index is 0.119. The van der Waals surface area contributed by atoms with E-state index < -0.39 is 13.6 Å². The summed E-state index contributed by atoms with van der Waals surface area (Å²) >= 11 is 1.55. The Kier molecular flexibility index (Phi) is 4.77. The van der Waals surface area contributed by atoms with Crippen LogP contribution < -0.4 is 10.6 Å². The summed E-state index contributed by atoms with van der Waals surface area (Å²) in [5, 5.41) is 9.82. The van der Waals surface area contributed by atoms with Crippen LogP contribution >= 0.6 is 11.3 Å². The molecule has 0 aromatic carbocycles. The van der Waals surface area contributed by atoms with Crippen molar-refractivity contribution in [2.24, 2.45) is 4.99 Å². The molecule has 0 spiro atoms. The summed E-state index contributed by atoms with van der Waals surface area (Å²) in [5.74, 6) is 0.808. The van der Waals surface area contributed by atoms with Crippen LogP contribution in [0.2, 0.25) is 24.7 Å². The molecular weight excluding hydrogens is 400 g/mol. The summed E-state index contributed by atoms with van der Waals surface area (Å²) in [6.07, 6.45) is 3.09. The van der Waals surface area contributed by atoms with Gasteiger partial charge in [0.2, 0.25) is 5.91 Å². The minimum atomic E-state index is -1.65. The van der Waals surface area contributed by atoms with Gasteiger partial charge in [-0.05, 0) is 43.7 Å². The zero-order valence-electron chi connectivity index (χ0n) is 17.9. The van der Waals surface area contributed by atoms with Gasteiger partial charge < -0.3 is 15.5 Å². The van der Waals surface area contributed by atoms with Gasteiger partial charge in [0.15, 0.2) is 0 Å². The lowest BCUT2D eigenvalue weighted by atomic mass is 9.83. The molecule has 2 aliphatic heterocycles. The van der Waals surface area contributed by atoms with Crippen molar-refractivity contribution in [3.8, 4) is 0 Å². The number of amidine groups is 1. The molecule has 8 heteroatoms. The van der Waals surface area contributed by atoms with Crippen LogP contribution in [-0.2, 0) is 4.79 Å². The summed E-state index contributed by atoms with van der Waals surface area (Å²) in [5.41, 5.74) is 2.52. The third-order valence-electron chi connectivity index (χ3n) is 7.10. The van der Waals surface area contributed by atoms with Crippen molar-refractivity contribution >= 4 is 42.9 Å². The van der Waals surface area contributed by atoms with Gasteiger partial charge in [-0.15, -0.1) is 0 Å². The van der Waals surface area contributed by atoms with Crippen LogP contribution in [0.15, 0.2) is 33.0 Å². The second-order valence-corrected chi connectivity index (χ2v) is 16.1. The number of urea groups is 1. The van der Waals surface area contributed by atoms with Crippen molar-refractivity contribution in [2.75, 3.05) is 18.4 Å². The van der Waals surface area contributed by atoms with E-state index in [1.807, 2.05) is 21.7 Å². The maximum Gasteiger partial charge on any atom is 0.322 e. The van der Waals surface area contributed by atoms with Crippen molar-refractivity contribution in [1.82, 2.24) is 10.2 Å². The molecule has 2 N–H and O–H groups in total. The third-order valence-corrected chi connectivity index (χ3v) is 11.4. The summed E-state index contributed by atoms with van der Waals surface area (Å²) in [7, 11) is -1.65. The normalized spacial score (nSPS) is 22.1. The van der Waals surface area contributed by atoms with E-state index in [4.69, 9.17) is 0 Å².